The topological polar surface area (TPSA) is 61.4 Å². The molecule has 0 radical (unpaired) electrons. The summed E-state index contributed by atoms with van der Waals surface area (Å²) in [6, 6.07) is 16.7. The maximum atomic E-state index is 12.6. The van der Waals surface area contributed by atoms with Gasteiger partial charge in [-0.15, -0.1) is 0 Å². The van der Waals surface area contributed by atoms with Gasteiger partial charge in [0.25, 0.3) is 11.8 Å². The van der Waals surface area contributed by atoms with Crippen LogP contribution in [-0.2, 0) is 0 Å². The smallest absolute Gasteiger partial charge is 0.255 e. The second kappa shape index (κ2) is 10.0. The first-order valence-electron chi connectivity index (χ1n) is 10.1. The summed E-state index contributed by atoms with van der Waals surface area (Å²) in [5.74, 6) is -0.379. The molecule has 1 fully saturated rings. The third-order valence-corrected chi connectivity index (χ3v) is 5.30. The molecule has 148 valence electrons. The van der Waals surface area contributed by atoms with Gasteiger partial charge in [-0.3, -0.25) is 9.59 Å². The number of hydrogen-bond donors (Lipinski definition) is 2. The van der Waals surface area contributed by atoms with Crippen LogP contribution in [0.3, 0.4) is 0 Å². The van der Waals surface area contributed by atoms with Crippen molar-refractivity contribution >= 4 is 17.5 Å². The lowest BCUT2D eigenvalue weighted by molar-refractivity contribution is 0.0949. The van der Waals surface area contributed by atoms with Crippen LogP contribution in [0, 0.1) is 0 Å². The molecule has 5 nitrogen and oxygen atoms in total. The van der Waals surface area contributed by atoms with Crippen LogP contribution in [0.5, 0.6) is 0 Å². The number of amides is 2. The van der Waals surface area contributed by atoms with Crippen LogP contribution in [0.25, 0.3) is 0 Å². The van der Waals surface area contributed by atoms with Crippen LogP contribution in [0.4, 0.5) is 5.69 Å². The molecule has 28 heavy (non-hydrogen) atoms. The van der Waals surface area contributed by atoms with E-state index in [2.05, 4.69) is 22.5 Å². The number of nitrogens with one attached hydrogen (secondary N) is 2. The third-order valence-electron chi connectivity index (χ3n) is 5.30. The summed E-state index contributed by atoms with van der Waals surface area (Å²) in [4.78, 5) is 27.5. The quantitative estimate of drug-likeness (QED) is 0.717. The lowest BCUT2D eigenvalue weighted by atomic mass is 10.0. The normalized spacial score (nSPS) is 17.1. The number of carbonyl (C=O) groups excluding carboxylic acids is 2. The average Bonchev–Trinajstić information content (AvgIpc) is 2.73. The average molecular weight is 380 g/mol. The Hall–Kier alpha value is -2.66. The van der Waals surface area contributed by atoms with E-state index in [-0.39, 0.29) is 11.8 Å². The summed E-state index contributed by atoms with van der Waals surface area (Å²) in [5.41, 5.74) is 1.57. The number of likely N-dealkylation sites (tertiary alicyclic amines) is 1. The fourth-order valence-electron chi connectivity index (χ4n) is 3.64. The van der Waals surface area contributed by atoms with Gasteiger partial charge in [-0.05, 0) is 57.0 Å². The molecule has 1 aliphatic heterocycles. The highest BCUT2D eigenvalue weighted by Gasteiger charge is 2.18. The minimum Gasteiger partial charge on any atom is -0.352 e. The van der Waals surface area contributed by atoms with Crippen molar-refractivity contribution in [1.29, 1.82) is 0 Å². The fourth-order valence-corrected chi connectivity index (χ4v) is 3.64. The number of benzene rings is 2. The Morgan fingerprint density at radius 1 is 1.00 bits per heavy atom. The number of piperidine rings is 1. The van der Waals surface area contributed by atoms with E-state index in [1.54, 1.807) is 24.3 Å². The Morgan fingerprint density at radius 3 is 2.54 bits per heavy atom. The molecule has 2 aromatic rings. The van der Waals surface area contributed by atoms with E-state index >= 15 is 0 Å². The first-order valence-corrected chi connectivity index (χ1v) is 10.1. The van der Waals surface area contributed by atoms with E-state index in [1.807, 2.05) is 30.3 Å². The van der Waals surface area contributed by atoms with Crippen molar-refractivity contribution in [3.63, 3.8) is 0 Å². The Kier molecular flexibility index (Phi) is 7.20. The van der Waals surface area contributed by atoms with E-state index in [9.17, 15) is 9.59 Å². The van der Waals surface area contributed by atoms with Crippen molar-refractivity contribution < 1.29 is 9.59 Å². The zero-order valence-electron chi connectivity index (χ0n) is 16.5. The van der Waals surface area contributed by atoms with Crippen LogP contribution < -0.4 is 10.6 Å². The summed E-state index contributed by atoms with van der Waals surface area (Å²) in [5, 5.41) is 5.84. The van der Waals surface area contributed by atoms with Crippen molar-refractivity contribution in [3.05, 3.63) is 65.7 Å². The predicted octanol–water partition coefficient (Wildman–Crippen LogP) is 3.93. The highest BCUT2D eigenvalue weighted by atomic mass is 16.2. The maximum absolute atomic E-state index is 12.6. The molecular formula is C23H29N3O2. The summed E-state index contributed by atoms with van der Waals surface area (Å²) < 4.78 is 0. The van der Waals surface area contributed by atoms with Gasteiger partial charge in [-0.25, -0.2) is 0 Å². The molecule has 1 unspecified atom stereocenters. The third kappa shape index (κ3) is 5.42. The summed E-state index contributed by atoms with van der Waals surface area (Å²) >= 11 is 0. The molecule has 0 spiro atoms. The van der Waals surface area contributed by atoms with Crippen LogP contribution in [0.2, 0.25) is 0 Å². The molecule has 0 saturated carbocycles. The molecule has 2 N–H and O–H groups in total. The Morgan fingerprint density at radius 2 is 1.75 bits per heavy atom. The number of anilines is 1. The van der Waals surface area contributed by atoms with Crippen LogP contribution >= 0.6 is 0 Å². The van der Waals surface area contributed by atoms with E-state index in [0.717, 1.165) is 19.5 Å². The lowest BCUT2D eigenvalue weighted by Crippen LogP contribution is -2.39. The van der Waals surface area contributed by atoms with Gasteiger partial charge in [-0.1, -0.05) is 36.8 Å². The monoisotopic (exact) mass is 379 g/mol. The molecule has 2 amide bonds. The van der Waals surface area contributed by atoms with Gasteiger partial charge in [0.2, 0.25) is 0 Å². The molecule has 1 atom stereocenters. The van der Waals surface area contributed by atoms with Gasteiger partial charge in [0.05, 0.1) is 11.3 Å². The minimum atomic E-state index is -0.222. The lowest BCUT2D eigenvalue weighted by Gasteiger charge is -2.33. The van der Waals surface area contributed by atoms with Crippen molar-refractivity contribution in [3.8, 4) is 0 Å². The van der Waals surface area contributed by atoms with Crippen molar-refractivity contribution in [2.75, 3.05) is 25.0 Å². The largest absolute Gasteiger partial charge is 0.352 e. The fraction of sp³-hybridized carbons (Fsp3) is 0.391. The number of carbonyl (C=O) groups is 2. The summed E-state index contributed by atoms with van der Waals surface area (Å²) in [7, 11) is 0. The van der Waals surface area contributed by atoms with Crippen LogP contribution in [0.15, 0.2) is 54.6 Å². The van der Waals surface area contributed by atoms with Gasteiger partial charge in [-0.2, -0.15) is 0 Å². The maximum Gasteiger partial charge on any atom is 0.255 e. The van der Waals surface area contributed by atoms with Gasteiger partial charge < -0.3 is 15.5 Å². The van der Waals surface area contributed by atoms with Gasteiger partial charge >= 0.3 is 0 Å². The molecular weight excluding hydrogens is 350 g/mol. The van der Waals surface area contributed by atoms with E-state index < -0.39 is 0 Å². The summed E-state index contributed by atoms with van der Waals surface area (Å²) in [6.45, 7) is 5.07. The van der Waals surface area contributed by atoms with E-state index in [4.69, 9.17) is 0 Å². The highest BCUT2D eigenvalue weighted by Crippen LogP contribution is 2.17. The molecule has 5 heteroatoms. The van der Waals surface area contributed by atoms with E-state index in [0.29, 0.717) is 29.4 Å². The first kappa shape index (κ1) is 20.1. The molecule has 2 aromatic carbocycles. The minimum absolute atomic E-state index is 0.157. The molecule has 0 aliphatic carbocycles. The molecule has 0 bridgehead atoms. The molecule has 3 rings (SSSR count). The van der Waals surface area contributed by atoms with E-state index in [1.165, 1.54) is 19.3 Å². The SMILES string of the molecule is CC1CCCCN1CCCNC(=O)c1ccccc1NC(=O)c1ccccc1. The molecule has 1 saturated heterocycles. The van der Waals surface area contributed by atoms with Crippen molar-refractivity contribution in [1.82, 2.24) is 10.2 Å². The van der Waals surface area contributed by atoms with Gasteiger partial charge in [0.15, 0.2) is 0 Å². The molecule has 1 heterocycles. The molecule has 1 aliphatic rings. The van der Waals surface area contributed by atoms with Gasteiger partial charge in [0, 0.05) is 24.7 Å². The number of rotatable bonds is 7. The second-order valence-electron chi connectivity index (χ2n) is 7.36. The van der Waals surface area contributed by atoms with Crippen LogP contribution in [-0.4, -0.2) is 42.4 Å². The Bertz CT molecular complexity index is 791. The first-order chi connectivity index (χ1) is 13.6. The summed E-state index contributed by atoms with van der Waals surface area (Å²) in [6.07, 6.45) is 4.78. The van der Waals surface area contributed by atoms with Crippen LogP contribution in [0.1, 0.15) is 53.3 Å². The zero-order chi connectivity index (χ0) is 19.8. The zero-order valence-corrected chi connectivity index (χ0v) is 16.5. The molecule has 0 aromatic heterocycles. The van der Waals surface area contributed by atoms with Crippen molar-refractivity contribution in [2.45, 2.75) is 38.6 Å². The van der Waals surface area contributed by atoms with Gasteiger partial charge in [0.1, 0.15) is 0 Å². The van der Waals surface area contributed by atoms with Crippen molar-refractivity contribution in [2.24, 2.45) is 0 Å². The predicted molar refractivity (Wildman–Crippen MR) is 113 cm³/mol. The highest BCUT2D eigenvalue weighted by molar-refractivity contribution is 6.08. The number of hydrogen-bond acceptors (Lipinski definition) is 3. The number of nitrogens with zero attached hydrogens (tertiary/aromatic N) is 1. The standard InChI is InChI=1S/C23H29N3O2/c1-18-10-7-8-16-26(18)17-9-15-24-23(28)20-13-5-6-14-21(20)25-22(27)19-11-3-2-4-12-19/h2-6,11-14,18H,7-10,15-17H2,1H3,(H,24,28)(H,25,27). The second-order valence-corrected chi connectivity index (χ2v) is 7.36. The number of para-hydroxylation sites is 1. The Labute approximate surface area is 167 Å². The Balaban J connectivity index is 1.53.